The Morgan fingerprint density at radius 3 is 2.57 bits per heavy atom. The molecule has 0 fully saturated rings. The molecule has 1 unspecified atom stereocenters. The van der Waals surface area contributed by atoms with Crippen LogP contribution in [0.5, 0.6) is 0 Å². The molecule has 0 radical (unpaired) electrons. The van der Waals surface area contributed by atoms with Gasteiger partial charge in [-0.05, 0) is 19.1 Å². The van der Waals surface area contributed by atoms with Crippen LogP contribution >= 0.6 is 0 Å². The molecule has 0 aromatic heterocycles. The molecule has 0 aliphatic heterocycles. The summed E-state index contributed by atoms with van der Waals surface area (Å²) in [6.45, 7) is 1.42. The molecule has 0 saturated heterocycles. The lowest BCUT2D eigenvalue weighted by atomic mass is 10.2. The summed E-state index contributed by atoms with van der Waals surface area (Å²) in [5, 5.41) is 11.0. The molecule has 0 aliphatic rings. The van der Waals surface area contributed by atoms with Crippen molar-refractivity contribution in [2.75, 3.05) is 5.43 Å². The highest BCUT2D eigenvalue weighted by molar-refractivity contribution is 7.89. The van der Waals surface area contributed by atoms with Crippen molar-refractivity contribution in [3.8, 4) is 0 Å². The SMILES string of the molecule is CC(CC(N)=O)NS(=O)(=O)c1ccc(NN)cc1[N+](=O)[O-]. The minimum atomic E-state index is -4.17. The lowest BCUT2D eigenvalue weighted by molar-refractivity contribution is -0.387. The number of nitro benzene ring substituents is 1. The lowest BCUT2D eigenvalue weighted by Crippen LogP contribution is -2.36. The van der Waals surface area contributed by atoms with E-state index in [9.17, 15) is 23.3 Å². The van der Waals surface area contributed by atoms with E-state index in [-0.39, 0.29) is 12.1 Å². The predicted octanol–water partition coefficient (Wildman–Crippen LogP) is -0.577. The van der Waals surface area contributed by atoms with Gasteiger partial charge in [0, 0.05) is 18.5 Å². The normalized spacial score (nSPS) is 12.7. The average molecular weight is 317 g/mol. The van der Waals surface area contributed by atoms with Gasteiger partial charge in [-0.25, -0.2) is 13.1 Å². The van der Waals surface area contributed by atoms with E-state index in [4.69, 9.17) is 11.6 Å². The third kappa shape index (κ3) is 4.37. The number of nitrogens with one attached hydrogen (secondary N) is 2. The summed E-state index contributed by atoms with van der Waals surface area (Å²) < 4.78 is 26.4. The molecule has 1 atom stereocenters. The Hall–Kier alpha value is -2.24. The smallest absolute Gasteiger partial charge is 0.291 e. The first-order valence-electron chi connectivity index (χ1n) is 5.73. The molecule has 1 aromatic rings. The number of rotatable bonds is 7. The van der Waals surface area contributed by atoms with Gasteiger partial charge in [-0.2, -0.15) is 0 Å². The fraction of sp³-hybridized carbons (Fsp3) is 0.300. The van der Waals surface area contributed by atoms with Crippen LogP contribution in [0.3, 0.4) is 0 Å². The van der Waals surface area contributed by atoms with Gasteiger partial charge in [-0.1, -0.05) is 0 Å². The first kappa shape index (κ1) is 16.8. The topological polar surface area (TPSA) is 170 Å². The molecular weight excluding hydrogens is 302 g/mol. The number of anilines is 1. The van der Waals surface area contributed by atoms with Crippen molar-refractivity contribution in [3.05, 3.63) is 28.3 Å². The number of amides is 1. The summed E-state index contributed by atoms with van der Waals surface area (Å²) in [4.78, 5) is 20.4. The van der Waals surface area contributed by atoms with Gasteiger partial charge in [0.05, 0.1) is 10.6 Å². The molecule has 10 nitrogen and oxygen atoms in total. The van der Waals surface area contributed by atoms with Crippen LogP contribution in [0.2, 0.25) is 0 Å². The predicted molar refractivity (Wildman–Crippen MR) is 74.5 cm³/mol. The minimum Gasteiger partial charge on any atom is -0.370 e. The van der Waals surface area contributed by atoms with E-state index < -0.39 is 37.5 Å². The first-order valence-corrected chi connectivity index (χ1v) is 7.21. The van der Waals surface area contributed by atoms with Crippen LogP contribution in [0.15, 0.2) is 23.1 Å². The maximum absolute atomic E-state index is 12.1. The Kier molecular flexibility index (Phi) is 5.18. The maximum Gasteiger partial charge on any atom is 0.291 e. The van der Waals surface area contributed by atoms with E-state index in [0.29, 0.717) is 0 Å². The molecule has 116 valence electrons. The number of nitrogens with zero attached hydrogens (tertiary/aromatic N) is 1. The van der Waals surface area contributed by atoms with Crippen molar-refractivity contribution in [1.82, 2.24) is 4.72 Å². The van der Waals surface area contributed by atoms with Gasteiger partial charge in [0.2, 0.25) is 15.9 Å². The number of nitrogens with two attached hydrogens (primary N) is 2. The second-order valence-corrected chi connectivity index (χ2v) is 5.96. The zero-order valence-electron chi connectivity index (χ0n) is 11.1. The molecule has 21 heavy (non-hydrogen) atoms. The Labute approximate surface area is 120 Å². The zero-order valence-corrected chi connectivity index (χ0v) is 11.9. The molecule has 6 N–H and O–H groups in total. The van der Waals surface area contributed by atoms with Crippen LogP contribution in [0.1, 0.15) is 13.3 Å². The maximum atomic E-state index is 12.1. The molecule has 1 aromatic carbocycles. The van der Waals surface area contributed by atoms with Crippen molar-refractivity contribution in [2.24, 2.45) is 11.6 Å². The van der Waals surface area contributed by atoms with Gasteiger partial charge in [0.1, 0.15) is 0 Å². The van der Waals surface area contributed by atoms with E-state index in [1.807, 2.05) is 0 Å². The summed E-state index contributed by atoms with van der Waals surface area (Å²) in [5.41, 5.74) is 6.70. The largest absolute Gasteiger partial charge is 0.370 e. The first-order chi connectivity index (χ1) is 9.67. The van der Waals surface area contributed by atoms with Gasteiger partial charge >= 0.3 is 0 Å². The van der Waals surface area contributed by atoms with Gasteiger partial charge < -0.3 is 11.2 Å². The fourth-order valence-corrected chi connectivity index (χ4v) is 3.04. The summed E-state index contributed by atoms with van der Waals surface area (Å²) in [6, 6.07) is 2.53. The van der Waals surface area contributed by atoms with Crippen LogP contribution in [0.25, 0.3) is 0 Å². The van der Waals surface area contributed by atoms with E-state index in [0.717, 1.165) is 12.1 Å². The molecule has 11 heteroatoms. The van der Waals surface area contributed by atoms with Crippen LogP contribution in [0.4, 0.5) is 11.4 Å². The fourth-order valence-electron chi connectivity index (χ4n) is 1.65. The van der Waals surface area contributed by atoms with Gasteiger partial charge in [-0.15, -0.1) is 0 Å². The number of hydrazine groups is 1. The third-order valence-electron chi connectivity index (χ3n) is 2.48. The number of primary amides is 1. The summed E-state index contributed by atoms with van der Waals surface area (Å²) in [5.74, 6) is 4.43. The highest BCUT2D eigenvalue weighted by Crippen LogP contribution is 2.27. The number of hydrogen-bond donors (Lipinski definition) is 4. The Bertz CT molecular complexity index is 660. The number of hydrogen-bond acceptors (Lipinski definition) is 7. The Morgan fingerprint density at radius 1 is 1.48 bits per heavy atom. The number of sulfonamides is 1. The molecule has 0 spiro atoms. The lowest BCUT2D eigenvalue weighted by Gasteiger charge is -2.13. The second-order valence-electron chi connectivity index (χ2n) is 4.28. The van der Waals surface area contributed by atoms with Gasteiger partial charge in [0.15, 0.2) is 4.90 Å². The Balaban J connectivity index is 3.19. The molecule has 0 bridgehead atoms. The van der Waals surface area contributed by atoms with E-state index in [1.54, 1.807) is 0 Å². The number of carbonyl (C=O) groups excluding carboxylic acids is 1. The second kappa shape index (κ2) is 6.47. The zero-order chi connectivity index (χ0) is 16.2. The quantitative estimate of drug-likeness (QED) is 0.296. The molecule has 1 amide bonds. The molecule has 0 saturated carbocycles. The third-order valence-corrected chi connectivity index (χ3v) is 4.11. The molecular formula is C10H15N5O5S. The average Bonchev–Trinajstić information content (AvgIpc) is 2.36. The highest BCUT2D eigenvalue weighted by atomic mass is 32.2. The van der Waals surface area contributed by atoms with E-state index in [2.05, 4.69) is 10.1 Å². The Morgan fingerprint density at radius 2 is 2.10 bits per heavy atom. The minimum absolute atomic E-state index is 0.186. The van der Waals surface area contributed by atoms with Crippen molar-refractivity contribution >= 4 is 27.3 Å². The highest BCUT2D eigenvalue weighted by Gasteiger charge is 2.27. The van der Waals surface area contributed by atoms with Crippen LogP contribution in [-0.2, 0) is 14.8 Å². The molecule has 1 rings (SSSR count). The van der Waals surface area contributed by atoms with E-state index in [1.165, 1.54) is 13.0 Å². The monoisotopic (exact) mass is 317 g/mol. The molecule has 0 aliphatic carbocycles. The van der Waals surface area contributed by atoms with Crippen molar-refractivity contribution < 1.29 is 18.1 Å². The number of benzene rings is 1. The number of carbonyl (C=O) groups is 1. The van der Waals surface area contributed by atoms with Crippen molar-refractivity contribution in [2.45, 2.75) is 24.3 Å². The summed E-state index contributed by atoms with van der Waals surface area (Å²) in [7, 11) is -4.17. The van der Waals surface area contributed by atoms with Crippen LogP contribution in [-0.4, -0.2) is 25.3 Å². The van der Waals surface area contributed by atoms with Crippen LogP contribution in [0, 0.1) is 10.1 Å². The summed E-state index contributed by atoms with van der Waals surface area (Å²) in [6.07, 6.45) is -0.227. The number of nitro groups is 1. The molecule has 0 heterocycles. The van der Waals surface area contributed by atoms with Gasteiger partial charge in [0.25, 0.3) is 5.69 Å². The van der Waals surface area contributed by atoms with Crippen molar-refractivity contribution in [1.29, 1.82) is 0 Å². The van der Waals surface area contributed by atoms with Crippen molar-refractivity contribution in [3.63, 3.8) is 0 Å². The van der Waals surface area contributed by atoms with Crippen LogP contribution < -0.4 is 21.7 Å². The van der Waals surface area contributed by atoms with Gasteiger partial charge in [-0.3, -0.25) is 20.8 Å². The standard InChI is InChI=1S/C10H15N5O5S/c1-6(4-10(11)16)14-21(19,20)9-3-2-7(13-12)5-8(9)15(17)18/h2-3,5-6,13-14H,4,12H2,1H3,(H2,11,16). The van der Waals surface area contributed by atoms with E-state index >= 15 is 0 Å². The summed E-state index contributed by atoms with van der Waals surface area (Å²) >= 11 is 0. The number of nitrogen functional groups attached to an aromatic ring is 1.